The Morgan fingerprint density at radius 3 is 2.48 bits per heavy atom. The van der Waals surface area contributed by atoms with E-state index in [2.05, 4.69) is 23.2 Å². The van der Waals surface area contributed by atoms with E-state index in [1.54, 1.807) is 17.1 Å². The van der Waals surface area contributed by atoms with Gasteiger partial charge < -0.3 is 4.90 Å². The summed E-state index contributed by atoms with van der Waals surface area (Å²) in [5, 5.41) is 4.21. The molecule has 0 fully saturated rings. The maximum Gasteiger partial charge on any atom is 0.433 e. The van der Waals surface area contributed by atoms with Crippen LogP contribution in [0.25, 0.3) is 4.96 Å². The number of alkyl halides is 3. The summed E-state index contributed by atoms with van der Waals surface area (Å²) >= 11 is 0.901. The lowest BCUT2D eigenvalue weighted by atomic mass is 10.4. The van der Waals surface area contributed by atoms with Crippen molar-refractivity contribution < 1.29 is 13.2 Å². The summed E-state index contributed by atoms with van der Waals surface area (Å²) in [6.07, 6.45) is -1.49. The number of fused-ring (bicyclic) bond motifs is 1. The standard InChI is InChI=1S/C12H11F3N4OS/c1-3-5-18(6-4-2)11-17-19-8(12(13,14)15)7-9(20)16-10(19)21-11/h3-4,7H,1-2,5-6H2. The fourth-order valence-corrected chi connectivity index (χ4v) is 2.60. The molecule has 0 spiro atoms. The summed E-state index contributed by atoms with van der Waals surface area (Å²) in [5.74, 6) is 0. The van der Waals surface area contributed by atoms with E-state index in [9.17, 15) is 18.0 Å². The zero-order valence-corrected chi connectivity index (χ0v) is 11.6. The molecule has 0 N–H and O–H groups in total. The first-order valence-electron chi connectivity index (χ1n) is 5.81. The van der Waals surface area contributed by atoms with Crippen molar-refractivity contribution in [2.75, 3.05) is 18.0 Å². The molecule has 0 radical (unpaired) electrons. The van der Waals surface area contributed by atoms with E-state index >= 15 is 0 Å². The van der Waals surface area contributed by atoms with Crippen LogP contribution in [0.5, 0.6) is 0 Å². The second kappa shape index (κ2) is 5.68. The van der Waals surface area contributed by atoms with Crippen LogP contribution in [0.3, 0.4) is 0 Å². The van der Waals surface area contributed by atoms with Gasteiger partial charge in [0.25, 0.3) is 5.56 Å². The van der Waals surface area contributed by atoms with Gasteiger partial charge in [-0.15, -0.1) is 18.3 Å². The molecule has 2 aromatic rings. The number of halogens is 3. The highest BCUT2D eigenvalue weighted by Gasteiger charge is 2.35. The molecule has 2 rings (SSSR count). The number of aromatic nitrogens is 3. The van der Waals surface area contributed by atoms with Crippen molar-refractivity contribution in [2.45, 2.75) is 6.18 Å². The molecule has 0 saturated carbocycles. The minimum absolute atomic E-state index is 0.108. The van der Waals surface area contributed by atoms with Crippen LogP contribution in [-0.4, -0.2) is 27.7 Å². The summed E-state index contributed by atoms with van der Waals surface area (Å²) in [4.78, 5) is 16.4. The Kier molecular flexibility index (Phi) is 4.12. The summed E-state index contributed by atoms with van der Waals surface area (Å²) in [6.45, 7) is 7.94. The highest BCUT2D eigenvalue weighted by atomic mass is 32.1. The Morgan fingerprint density at radius 1 is 1.33 bits per heavy atom. The van der Waals surface area contributed by atoms with Crippen LogP contribution in [0.1, 0.15) is 5.69 Å². The average Bonchev–Trinajstić information content (AvgIpc) is 2.79. The van der Waals surface area contributed by atoms with Gasteiger partial charge in [-0.25, -0.2) is 0 Å². The van der Waals surface area contributed by atoms with Gasteiger partial charge in [-0.3, -0.25) is 4.79 Å². The van der Waals surface area contributed by atoms with Crippen molar-refractivity contribution in [1.82, 2.24) is 14.6 Å². The Balaban J connectivity index is 2.62. The number of hydrogen-bond acceptors (Lipinski definition) is 5. The third-order valence-corrected chi connectivity index (χ3v) is 3.47. The molecular weight excluding hydrogens is 305 g/mol. The monoisotopic (exact) mass is 316 g/mol. The molecule has 0 aliphatic rings. The zero-order chi connectivity index (χ0) is 15.6. The lowest BCUT2D eigenvalue weighted by molar-refractivity contribution is -0.142. The molecule has 21 heavy (non-hydrogen) atoms. The highest BCUT2D eigenvalue weighted by Crippen LogP contribution is 2.31. The lowest BCUT2D eigenvalue weighted by Crippen LogP contribution is -2.23. The number of nitrogens with zero attached hydrogens (tertiary/aromatic N) is 4. The number of anilines is 1. The van der Waals surface area contributed by atoms with E-state index in [0.717, 1.165) is 11.3 Å². The average molecular weight is 316 g/mol. The van der Waals surface area contributed by atoms with Gasteiger partial charge in [0.1, 0.15) is 0 Å². The zero-order valence-electron chi connectivity index (χ0n) is 10.8. The Labute approximate surface area is 121 Å². The predicted molar refractivity (Wildman–Crippen MR) is 74.7 cm³/mol. The minimum Gasteiger partial charge on any atom is -0.339 e. The largest absolute Gasteiger partial charge is 0.433 e. The molecule has 0 atom stereocenters. The SMILES string of the molecule is C=CCN(CC=C)c1nn2c(C(F)(F)F)cc(=O)nc2s1. The first kappa shape index (κ1) is 15.2. The van der Waals surface area contributed by atoms with Crippen LogP contribution in [0.4, 0.5) is 18.3 Å². The maximum absolute atomic E-state index is 12.9. The third kappa shape index (κ3) is 3.13. The maximum atomic E-state index is 12.9. The van der Waals surface area contributed by atoms with Crippen LogP contribution in [-0.2, 0) is 6.18 Å². The van der Waals surface area contributed by atoms with E-state index < -0.39 is 17.4 Å². The van der Waals surface area contributed by atoms with Crippen molar-refractivity contribution >= 4 is 21.4 Å². The van der Waals surface area contributed by atoms with Gasteiger partial charge in [-0.1, -0.05) is 23.5 Å². The predicted octanol–water partition coefficient (Wildman–Crippen LogP) is 2.35. The van der Waals surface area contributed by atoms with Crippen LogP contribution in [0.15, 0.2) is 36.2 Å². The third-order valence-electron chi connectivity index (χ3n) is 2.50. The molecule has 0 amide bonds. The van der Waals surface area contributed by atoms with Gasteiger partial charge in [0.2, 0.25) is 10.1 Å². The summed E-state index contributed by atoms with van der Waals surface area (Å²) in [6, 6.07) is 0.432. The first-order chi connectivity index (χ1) is 9.86. The molecule has 0 aliphatic heterocycles. The fourth-order valence-electron chi connectivity index (χ4n) is 1.68. The molecule has 5 nitrogen and oxygen atoms in total. The van der Waals surface area contributed by atoms with Crippen LogP contribution in [0, 0.1) is 0 Å². The summed E-state index contributed by atoms with van der Waals surface area (Å²) < 4.78 is 39.4. The number of hydrogen-bond donors (Lipinski definition) is 0. The Bertz CT molecular complexity index is 724. The molecular formula is C12H11F3N4OS. The molecule has 0 aliphatic carbocycles. The molecule has 0 saturated heterocycles. The van der Waals surface area contributed by atoms with Gasteiger partial charge >= 0.3 is 6.18 Å². The molecule has 0 bridgehead atoms. The van der Waals surface area contributed by atoms with Crippen molar-refractivity contribution in [3.05, 3.63) is 47.4 Å². The van der Waals surface area contributed by atoms with E-state index in [0.29, 0.717) is 28.8 Å². The van der Waals surface area contributed by atoms with Crippen LogP contribution in [0.2, 0.25) is 0 Å². The van der Waals surface area contributed by atoms with E-state index in [-0.39, 0.29) is 4.96 Å². The molecule has 2 heterocycles. The second-order valence-corrected chi connectivity index (χ2v) is 4.97. The topological polar surface area (TPSA) is 50.5 Å². The highest BCUT2D eigenvalue weighted by molar-refractivity contribution is 7.20. The van der Waals surface area contributed by atoms with Crippen molar-refractivity contribution in [1.29, 1.82) is 0 Å². The summed E-state index contributed by atoms with van der Waals surface area (Å²) in [5.41, 5.74) is -2.09. The van der Waals surface area contributed by atoms with Crippen molar-refractivity contribution in [3.63, 3.8) is 0 Å². The van der Waals surface area contributed by atoms with Gasteiger partial charge in [-0.05, 0) is 0 Å². The van der Waals surface area contributed by atoms with Crippen LogP contribution < -0.4 is 10.5 Å². The quantitative estimate of drug-likeness (QED) is 0.795. The van der Waals surface area contributed by atoms with E-state index in [4.69, 9.17) is 0 Å². The minimum atomic E-state index is -4.68. The lowest BCUT2D eigenvalue weighted by Gasteiger charge is -2.16. The van der Waals surface area contributed by atoms with Gasteiger partial charge in [-0.2, -0.15) is 22.7 Å². The van der Waals surface area contributed by atoms with Crippen molar-refractivity contribution in [2.24, 2.45) is 0 Å². The fraction of sp³-hybridized carbons (Fsp3) is 0.250. The normalized spacial score (nSPS) is 11.6. The molecule has 0 aromatic carbocycles. The van der Waals surface area contributed by atoms with Gasteiger partial charge in [0, 0.05) is 19.2 Å². The first-order valence-corrected chi connectivity index (χ1v) is 6.63. The Hall–Kier alpha value is -2.16. The molecule has 112 valence electrons. The summed E-state index contributed by atoms with van der Waals surface area (Å²) in [7, 11) is 0. The molecule has 0 unspecified atom stereocenters. The van der Waals surface area contributed by atoms with E-state index in [1.807, 2.05) is 0 Å². The Morgan fingerprint density at radius 2 is 1.95 bits per heavy atom. The molecule has 9 heteroatoms. The van der Waals surface area contributed by atoms with Gasteiger partial charge in [0.15, 0.2) is 5.69 Å². The van der Waals surface area contributed by atoms with Crippen LogP contribution >= 0.6 is 11.3 Å². The van der Waals surface area contributed by atoms with Crippen molar-refractivity contribution in [3.8, 4) is 0 Å². The second-order valence-electron chi connectivity index (χ2n) is 4.04. The smallest absolute Gasteiger partial charge is 0.339 e. The van der Waals surface area contributed by atoms with E-state index in [1.165, 1.54) is 0 Å². The molecule has 2 aromatic heterocycles. The van der Waals surface area contributed by atoms with Gasteiger partial charge in [0.05, 0.1) is 0 Å². The number of rotatable bonds is 5.